The Morgan fingerprint density at radius 2 is 0.765 bits per heavy atom. The second-order valence-electron chi connectivity index (χ2n) is 4.58. The summed E-state index contributed by atoms with van der Waals surface area (Å²) in [7, 11) is 0. The fraction of sp³-hybridized carbons (Fsp3) is 1.00. The lowest BCUT2D eigenvalue weighted by atomic mass is 10.1. The van der Waals surface area contributed by atoms with Crippen LogP contribution in [0.25, 0.3) is 0 Å². The van der Waals surface area contributed by atoms with Crippen molar-refractivity contribution >= 4 is 0 Å². The van der Waals surface area contributed by atoms with Gasteiger partial charge >= 0.3 is 0 Å². The molecule has 0 heterocycles. The Labute approximate surface area is 108 Å². The molecule has 0 N–H and O–H groups in total. The van der Waals surface area contributed by atoms with Gasteiger partial charge in [0.15, 0.2) is 0 Å². The third-order valence-electron chi connectivity index (χ3n) is 2.99. The van der Waals surface area contributed by atoms with Crippen molar-refractivity contribution in [3.63, 3.8) is 0 Å². The first-order valence-corrected chi connectivity index (χ1v) is 7.57. The van der Waals surface area contributed by atoms with Gasteiger partial charge in [0.05, 0.1) is 0 Å². The van der Waals surface area contributed by atoms with Gasteiger partial charge in [-0.05, 0) is 26.7 Å². The summed E-state index contributed by atoms with van der Waals surface area (Å²) < 4.78 is 10.6. The zero-order chi connectivity index (χ0) is 12.6. The van der Waals surface area contributed by atoms with Crippen molar-refractivity contribution in [2.45, 2.75) is 71.6 Å². The SMILES string of the molecule is CCOCCCCCCCCCCCOCC. The van der Waals surface area contributed by atoms with E-state index in [0.29, 0.717) is 0 Å². The molecule has 0 aliphatic heterocycles. The van der Waals surface area contributed by atoms with Crippen LogP contribution >= 0.6 is 0 Å². The summed E-state index contributed by atoms with van der Waals surface area (Å²) in [5.74, 6) is 0. The quantitative estimate of drug-likeness (QED) is 0.417. The van der Waals surface area contributed by atoms with Gasteiger partial charge in [0.2, 0.25) is 0 Å². The molecule has 0 fully saturated rings. The maximum Gasteiger partial charge on any atom is 0.0465 e. The molecule has 2 heteroatoms. The summed E-state index contributed by atoms with van der Waals surface area (Å²) in [6, 6.07) is 0. The predicted molar refractivity (Wildman–Crippen MR) is 74.5 cm³/mol. The standard InChI is InChI=1S/C15H32O2/c1-3-16-14-12-10-8-6-5-7-9-11-13-15-17-4-2/h3-15H2,1-2H3. The first-order valence-electron chi connectivity index (χ1n) is 7.57. The molecule has 0 aliphatic carbocycles. The maximum absolute atomic E-state index is 5.31. The monoisotopic (exact) mass is 244 g/mol. The molecule has 0 bridgehead atoms. The van der Waals surface area contributed by atoms with E-state index in [4.69, 9.17) is 9.47 Å². The van der Waals surface area contributed by atoms with Crippen LogP contribution in [0.15, 0.2) is 0 Å². The molecule has 0 saturated carbocycles. The van der Waals surface area contributed by atoms with Crippen molar-refractivity contribution in [2.75, 3.05) is 26.4 Å². The molecule has 0 saturated heterocycles. The number of hydrogen-bond acceptors (Lipinski definition) is 2. The zero-order valence-electron chi connectivity index (χ0n) is 12.0. The summed E-state index contributed by atoms with van der Waals surface area (Å²) in [5, 5.41) is 0. The Balaban J connectivity index is 2.85. The summed E-state index contributed by atoms with van der Waals surface area (Å²) >= 11 is 0. The number of unbranched alkanes of at least 4 members (excludes halogenated alkanes) is 8. The van der Waals surface area contributed by atoms with Crippen LogP contribution < -0.4 is 0 Å². The van der Waals surface area contributed by atoms with E-state index >= 15 is 0 Å². The van der Waals surface area contributed by atoms with Crippen molar-refractivity contribution in [1.82, 2.24) is 0 Å². The maximum atomic E-state index is 5.31. The lowest BCUT2D eigenvalue weighted by Gasteiger charge is -2.03. The Hall–Kier alpha value is -0.0800. The molecule has 0 spiro atoms. The van der Waals surface area contributed by atoms with Crippen LogP contribution in [-0.2, 0) is 9.47 Å². The van der Waals surface area contributed by atoms with E-state index < -0.39 is 0 Å². The molecule has 0 amide bonds. The first kappa shape index (κ1) is 16.9. The molecule has 2 nitrogen and oxygen atoms in total. The van der Waals surface area contributed by atoms with Gasteiger partial charge in [-0.1, -0.05) is 44.9 Å². The van der Waals surface area contributed by atoms with Gasteiger partial charge in [0, 0.05) is 26.4 Å². The topological polar surface area (TPSA) is 18.5 Å². The van der Waals surface area contributed by atoms with Crippen LogP contribution in [0.1, 0.15) is 71.6 Å². The van der Waals surface area contributed by atoms with Gasteiger partial charge in [-0.25, -0.2) is 0 Å². The Morgan fingerprint density at radius 3 is 1.06 bits per heavy atom. The molecule has 0 aromatic rings. The van der Waals surface area contributed by atoms with Crippen molar-refractivity contribution in [1.29, 1.82) is 0 Å². The molecular formula is C15H32O2. The summed E-state index contributed by atoms with van der Waals surface area (Å²) in [6.45, 7) is 7.75. The molecular weight excluding hydrogens is 212 g/mol. The second-order valence-corrected chi connectivity index (χ2v) is 4.58. The average molecular weight is 244 g/mol. The highest BCUT2D eigenvalue weighted by atomic mass is 16.5. The summed E-state index contributed by atoms with van der Waals surface area (Å²) in [4.78, 5) is 0. The predicted octanol–water partition coefficient (Wildman–Crippen LogP) is 4.57. The minimum Gasteiger partial charge on any atom is -0.382 e. The van der Waals surface area contributed by atoms with Gasteiger partial charge in [-0.3, -0.25) is 0 Å². The molecule has 0 atom stereocenters. The fourth-order valence-electron chi connectivity index (χ4n) is 1.93. The zero-order valence-corrected chi connectivity index (χ0v) is 12.0. The van der Waals surface area contributed by atoms with E-state index in [1.165, 1.54) is 57.8 Å². The van der Waals surface area contributed by atoms with Crippen LogP contribution in [0.4, 0.5) is 0 Å². The van der Waals surface area contributed by atoms with Crippen LogP contribution in [0, 0.1) is 0 Å². The smallest absolute Gasteiger partial charge is 0.0465 e. The minimum absolute atomic E-state index is 0.863. The molecule has 0 aliphatic rings. The normalized spacial score (nSPS) is 10.9. The lowest BCUT2D eigenvalue weighted by Crippen LogP contribution is -1.93. The van der Waals surface area contributed by atoms with E-state index in [-0.39, 0.29) is 0 Å². The van der Waals surface area contributed by atoms with Crippen LogP contribution in [-0.4, -0.2) is 26.4 Å². The van der Waals surface area contributed by atoms with Crippen LogP contribution in [0.5, 0.6) is 0 Å². The Bertz CT molecular complexity index is 112. The van der Waals surface area contributed by atoms with Crippen LogP contribution in [0.3, 0.4) is 0 Å². The molecule has 0 aromatic heterocycles. The summed E-state index contributed by atoms with van der Waals surface area (Å²) in [6.07, 6.45) is 12.1. The highest BCUT2D eigenvalue weighted by Gasteiger charge is 1.93. The van der Waals surface area contributed by atoms with Gasteiger partial charge in [-0.15, -0.1) is 0 Å². The molecule has 17 heavy (non-hydrogen) atoms. The van der Waals surface area contributed by atoms with E-state index in [1.54, 1.807) is 0 Å². The van der Waals surface area contributed by atoms with Crippen molar-refractivity contribution in [3.8, 4) is 0 Å². The Morgan fingerprint density at radius 1 is 0.471 bits per heavy atom. The molecule has 0 aromatic carbocycles. The van der Waals surface area contributed by atoms with Crippen molar-refractivity contribution in [2.24, 2.45) is 0 Å². The van der Waals surface area contributed by atoms with E-state index in [9.17, 15) is 0 Å². The number of rotatable bonds is 14. The first-order chi connectivity index (χ1) is 8.41. The molecule has 104 valence electrons. The highest BCUT2D eigenvalue weighted by Crippen LogP contribution is 2.09. The van der Waals surface area contributed by atoms with E-state index in [1.807, 2.05) is 0 Å². The largest absolute Gasteiger partial charge is 0.382 e. The molecule has 0 radical (unpaired) electrons. The molecule has 0 rings (SSSR count). The fourth-order valence-corrected chi connectivity index (χ4v) is 1.93. The average Bonchev–Trinajstić information content (AvgIpc) is 2.35. The third-order valence-corrected chi connectivity index (χ3v) is 2.99. The minimum atomic E-state index is 0.863. The van der Waals surface area contributed by atoms with Gasteiger partial charge < -0.3 is 9.47 Å². The summed E-state index contributed by atoms with van der Waals surface area (Å²) in [5.41, 5.74) is 0. The third kappa shape index (κ3) is 15.9. The number of hydrogen-bond donors (Lipinski definition) is 0. The Kier molecular flexibility index (Phi) is 15.8. The van der Waals surface area contributed by atoms with Gasteiger partial charge in [0.1, 0.15) is 0 Å². The van der Waals surface area contributed by atoms with Crippen molar-refractivity contribution < 1.29 is 9.47 Å². The van der Waals surface area contributed by atoms with Crippen molar-refractivity contribution in [3.05, 3.63) is 0 Å². The van der Waals surface area contributed by atoms with Crippen LogP contribution in [0.2, 0.25) is 0 Å². The van der Waals surface area contributed by atoms with E-state index in [0.717, 1.165) is 26.4 Å². The highest BCUT2D eigenvalue weighted by molar-refractivity contribution is 4.47. The van der Waals surface area contributed by atoms with Gasteiger partial charge in [-0.2, -0.15) is 0 Å². The van der Waals surface area contributed by atoms with E-state index in [2.05, 4.69) is 13.8 Å². The van der Waals surface area contributed by atoms with Gasteiger partial charge in [0.25, 0.3) is 0 Å². The number of ether oxygens (including phenoxy) is 2. The second kappa shape index (κ2) is 15.9. The lowest BCUT2D eigenvalue weighted by molar-refractivity contribution is 0.142. The molecule has 0 unspecified atom stereocenters.